The van der Waals surface area contributed by atoms with Gasteiger partial charge in [0.1, 0.15) is 0 Å². The van der Waals surface area contributed by atoms with Crippen molar-refractivity contribution in [3.05, 3.63) is 28.6 Å². The van der Waals surface area contributed by atoms with E-state index < -0.39 is 0 Å². The smallest absolute Gasteiger partial charge is 0.158 e. The Kier molecular flexibility index (Phi) is 3.84. The van der Waals surface area contributed by atoms with Gasteiger partial charge in [-0.25, -0.2) is 4.98 Å². The number of phenols is 2. The second-order valence-corrected chi connectivity index (χ2v) is 5.02. The molecule has 18 heavy (non-hydrogen) atoms. The molecule has 2 rings (SSSR count). The zero-order chi connectivity index (χ0) is 13.1. The third kappa shape index (κ3) is 2.63. The molecule has 96 valence electrons. The van der Waals surface area contributed by atoms with E-state index in [1.807, 2.05) is 5.38 Å². The Balaban J connectivity index is 2.26. The molecule has 1 aromatic heterocycles. The predicted molar refractivity (Wildman–Crippen MR) is 71.2 cm³/mol. The van der Waals surface area contributed by atoms with Gasteiger partial charge in [-0.2, -0.15) is 0 Å². The highest BCUT2D eigenvalue weighted by molar-refractivity contribution is 7.10. The van der Waals surface area contributed by atoms with Crippen LogP contribution in [0.3, 0.4) is 0 Å². The number of aromatic hydroxyl groups is 2. The number of rotatable bonds is 4. The Labute approximate surface area is 110 Å². The van der Waals surface area contributed by atoms with Crippen LogP contribution in [0.25, 0.3) is 11.3 Å². The number of phenolic OH excluding ortho intramolecular Hbond substituents is 2. The minimum atomic E-state index is -0.132. The monoisotopic (exact) mass is 265 g/mol. The van der Waals surface area contributed by atoms with E-state index in [0.717, 1.165) is 16.3 Å². The maximum absolute atomic E-state index is 9.47. The predicted octanol–water partition coefficient (Wildman–Crippen LogP) is 2.97. The van der Waals surface area contributed by atoms with Gasteiger partial charge in [-0.3, -0.25) is 0 Å². The van der Waals surface area contributed by atoms with Gasteiger partial charge in [0.05, 0.1) is 17.3 Å². The zero-order valence-corrected chi connectivity index (χ0v) is 11.1. The highest BCUT2D eigenvalue weighted by atomic mass is 32.1. The van der Waals surface area contributed by atoms with E-state index in [1.54, 1.807) is 24.5 Å². The van der Waals surface area contributed by atoms with Crippen LogP contribution in [0, 0.1) is 0 Å². The Morgan fingerprint density at radius 1 is 1.33 bits per heavy atom. The molecular formula is C13H15NO3S. The highest BCUT2D eigenvalue weighted by Gasteiger charge is 2.12. The lowest BCUT2D eigenvalue weighted by Gasteiger charge is -2.05. The number of nitrogens with zero attached hydrogens (tertiary/aromatic N) is 1. The first-order chi connectivity index (χ1) is 8.61. The van der Waals surface area contributed by atoms with Crippen molar-refractivity contribution in [2.75, 3.05) is 13.7 Å². The maximum Gasteiger partial charge on any atom is 0.158 e. The Bertz CT molecular complexity index is 539. The van der Waals surface area contributed by atoms with Gasteiger partial charge < -0.3 is 14.9 Å². The van der Waals surface area contributed by atoms with E-state index in [-0.39, 0.29) is 17.4 Å². The first-order valence-corrected chi connectivity index (χ1v) is 6.46. The minimum absolute atomic E-state index is 0.123. The fourth-order valence-corrected chi connectivity index (χ4v) is 2.52. The van der Waals surface area contributed by atoms with E-state index in [4.69, 9.17) is 4.74 Å². The molecule has 0 aliphatic rings. The summed E-state index contributed by atoms with van der Waals surface area (Å²) < 4.78 is 5.10. The summed E-state index contributed by atoms with van der Waals surface area (Å²) in [5.41, 5.74) is 1.59. The van der Waals surface area contributed by atoms with Crippen LogP contribution in [-0.4, -0.2) is 28.9 Å². The summed E-state index contributed by atoms with van der Waals surface area (Å²) in [6, 6.07) is 4.70. The van der Waals surface area contributed by atoms with Crippen LogP contribution in [0.1, 0.15) is 17.8 Å². The Morgan fingerprint density at radius 2 is 2.11 bits per heavy atom. The lowest BCUT2D eigenvalue weighted by molar-refractivity contribution is 0.184. The fraction of sp³-hybridized carbons (Fsp3) is 0.308. The van der Waals surface area contributed by atoms with E-state index in [9.17, 15) is 10.2 Å². The van der Waals surface area contributed by atoms with Gasteiger partial charge in [0.25, 0.3) is 0 Å². The van der Waals surface area contributed by atoms with Gasteiger partial charge in [0, 0.05) is 24.0 Å². The van der Waals surface area contributed by atoms with Crippen LogP contribution in [-0.2, 0) is 4.74 Å². The van der Waals surface area contributed by atoms with Crippen molar-refractivity contribution in [3.8, 4) is 22.8 Å². The molecule has 0 aliphatic heterocycles. The molecule has 1 unspecified atom stereocenters. The average molecular weight is 265 g/mol. The molecule has 0 saturated carbocycles. The molecule has 2 aromatic rings. The van der Waals surface area contributed by atoms with Gasteiger partial charge in [-0.1, -0.05) is 6.92 Å². The first kappa shape index (κ1) is 12.9. The zero-order valence-electron chi connectivity index (χ0n) is 10.3. The number of aromatic nitrogens is 1. The Morgan fingerprint density at radius 3 is 2.78 bits per heavy atom. The fourth-order valence-electron chi connectivity index (χ4n) is 1.65. The summed E-state index contributed by atoms with van der Waals surface area (Å²) in [5.74, 6) is -0.00611. The van der Waals surface area contributed by atoms with Crippen molar-refractivity contribution in [1.29, 1.82) is 0 Å². The molecule has 0 fully saturated rings. The molecule has 4 nitrogen and oxygen atoms in total. The summed E-state index contributed by atoms with van der Waals surface area (Å²) in [6.07, 6.45) is 0. The average Bonchev–Trinajstić information content (AvgIpc) is 2.82. The lowest BCUT2D eigenvalue weighted by Crippen LogP contribution is -2.01. The van der Waals surface area contributed by atoms with Crippen molar-refractivity contribution < 1.29 is 14.9 Å². The molecule has 0 saturated heterocycles. The highest BCUT2D eigenvalue weighted by Crippen LogP contribution is 2.32. The number of benzene rings is 1. The minimum Gasteiger partial charge on any atom is -0.504 e. The topological polar surface area (TPSA) is 62.6 Å². The molecule has 2 N–H and O–H groups in total. The molecule has 0 spiro atoms. The van der Waals surface area contributed by atoms with Crippen molar-refractivity contribution in [3.63, 3.8) is 0 Å². The largest absolute Gasteiger partial charge is 0.504 e. The van der Waals surface area contributed by atoms with Crippen molar-refractivity contribution >= 4 is 11.3 Å². The lowest BCUT2D eigenvalue weighted by atomic mass is 10.1. The summed E-state index contributed by atoms with van der Waals surface area (Å²) in [5, 5.41) is 21.7. The molecular weight excluding hydrogens is 250 g/mol. The molecule has 1 aromatic carbocycles. The third-order valence-electron chi connectivity index (χ3n) is 2.63. The van der Waals surface area contributed by atoms with Crippen LogP contribution in [0.4, 0.5) is 0 Å². The molecule has 0 amide bonds. The molecule has 0 radical (unpaired) electrons. The number of thiazole rings is 1. The SMILES string of the molecule is COCC(C)c1nc(-c2ccc(O)c(O)c2)cs1. The van der Waals surface area contributed by atoms with E-state index in [0.29, 0.717) is 6.61 Å². The molecule has 5 heteroatoms. The number of ether oxygens (including phenoxy) is 1. The molecule has 0 bridgehead atoms. The van der Waals surface area contributed by atoms with Crippen molar-refractivity contribution in [1.82, 2.24) is 4.98 Å². The third-order valence-corrected chi connectivity index (χ3v) is 3.71. The van der Waals surface area contributed by atoms with E-state index in [1.165, 1.54) is 12.1 Å². The number of methoxy groups -OCH3 is 1. The second-order valence-electron chi connectivity index (χ2n) is 4.13. The summed E-state index contributed by atoms with van der Waals surface area (Å²) >= 11 is 1.57. The number of hydrogen-bond donors (Lipinski definition) is 2. The summed E-state index contributed by atoms with van der Waals surface area (Å²) in [4.78, 5) is 4.52. The standard InChI is InChI=1S/C13H15NO3S/c1-8(6-17-2)13-14-10(7-18-13)9-3-4-11(15)12(16)5-9/h3-5,7-8,15-16H,6H2,1-2H3. The normalized spacial score (nSPS) is 12.6. The van der Waals surface area contributed by atoms with Crippen LogP contribution in [0.15, 0.2) is 23.6 Å². The Hall–Kier alpha value is -1.59. The van der Waals surface area contributed by atoms with Crippen LogP contribution in [0.2, 0.25) is 0 Å². The van der Waals surface area contributed by atoms with Crippen LogP contribution < -0.4 is 0 Å². The van der Waals surface area contributed by atoms with E-state index >= 15 is 0 Å². The maximum atomic E-state index is 9.47. The van der Waals surface area contributed by atoms with Gasteiger partial charge in [0.15, 0.2) is 11.5 Å². The summed E-state index contributed by atoms with van der Waals surface area (Å²) in [7, 11) is 1.67. The van der Waals surface area contributed by atoms with Crippen molar-refractivity contribution in [2.24, 2.45) is 0 Å². The quantitative estimate of drug-likeness (QED) is 0.834. The van der Waals surface area contributed by atoms with Gasteiger partial charge >= 0.3 is 0 Å². The molecule has 1 atom stereocenters. The summed E-state index contributed by atoms with van der Waals surface area (Å²) in [6.45, 7) is 2.69. The first-order valence-electron chi connectivity index (χ1n) is 5.58. The van der Waals surface area contributed by atoms with E-state index in [2.05, 4.69) is 11.9 Å². The van der Waals surface area contributed by atoms with Gasteiger partial charge in [-0.05, 0) is 18.2 Å². The van der Waals surface area contributed by atoms with Crippen LogP contribution in [0.5, 0.6) is 11.5 Å². The van der Waals surface area contributed by atoms with Gasteiger partial charge in [0.2, 0.25) is 0 Å². The second kappa shape index (κ2) is 5.37. The molecule has 0 aliphatic carbocycles. The molecule has 1 heterocycles. The number of hydrogen-bond acceptors (Lipinski definition) is 5. The van der Waals surface area contributed by atoms with Crippen LogP contribution >= 0.6 is 11.3 Å². The van der Waals surface area contributed by atoms with Gasteiger partial charge in [-0.15, -0.1) is 11.3 Å². The van der Waals surface area contributed by atoms with Crippen molar-refractivity contribution in [2.45, 2.75) is 12.8 Å².